The molecule has 2 aromatic heterocycles. The molecule has 0 radical (unpaired) electrons. The molecule has 23 heavy (non-hydrogen) atoms. The van der Waals surface area contributed by atoms with Crippen LogP contribution >= 0.6 is 11.3 Å². The van der Waals surface area contributed by atoms with Crippen LogP contribution in [0.1, 0.15) is 26.4 Å². The number of anilines is 2. The number of benzene rings is 1. The molecule has 0 saturated heterocycles. The first-order valence-electron chi connectivity index (χ1n) is 7.17. The normalized spacial score (nSPS) is 10.8. The maximum atomic E-state index is 11.9. The highest BCUT2D eigenvalue weighted by Crippen LogP contribution is 2.34. The van der Waals surface area contributed by atoms with Crippen molar-refractivity contribution in [2.45, 2.75) is 20.8 Å². The average molecular weight is 327 g/mol. The second-order valence-electron chi connectivity index (χ2n) is 5.45. The van der Waals surface area contributed by atoms with E-state index in [0.717, 1.165) is 21.5 Å². The van der Waals surface area contributed by atoms with Crippen molar-refractivity contribution >= 4 is 39.0 Å². The van der Waals surface area contributed by atoms with Crippen LogP contribution in [0.4, 0.5) is 11.5 Å². The van der Waals surface area contributed by atoms with Gasteiger partial charge in [0.2, 0.25) is 0 Å². The standard InChI is InChI=1S/C17H17N3O2S/c1-9-5-10(2)7-12(6-9)20-15-13-11(3)14(17(21)22-4)23-16(13)19-8-18-15/h5-8H,1-4H3,(H,18,19,20). The molecular formula is C17H17N3O2S. The lowest BCUT2D eigenvalue weighted by atomic mass is 10.1. The molecule has 3 aromatic rings. The summed E-state index contributed by atoms with van der Waals surface area (Å²) in [4.78, 5) is 21.8. The summed E-state index contributed by atoms with van der Waals surface area (Å²) in [5, 5.41) is 4.20. The fraction of sp³-hybridized carbons (Fsp3) is 0.235. The number of methoxy groups -OCH3 is 1. The SMILES string of the molecule is COC(=O)c1sc2ncnc(Nc3cc(C)cc(C)c3)c2c1C. The van der Waals surface area contributed by atoms with Gasteiger partial charge >= 0.3 is 5.97 Å². The maximum Gasteiger partial charge on any atom is 0.348 e. The first-order valence-corrected chi connectivity index (χ1v) is 7.99. The van der Waals surface area contributed by atoms with Crippen LogP contribution in [-0.2, 0) is 4.74 Å². The Bertz CT molecular complexity index is 882. The number of hydrogen-bond donors (Lipinski definition) is 1. The summed E-state index contributed by atoms with van der Waals surface area (Å²) in [7, 11) is 1.38. The molecule has 6 heteroatoms. The smallest absolute Gasteiger partial charge is 0.348 e. The van der Waals surface area contributed by atoms with Crippen LogP contribution in [0, 0.1) is 20.8 Å². The minimum atomic E-state index is -0.345. The van der Waals surface area contributed by atoms with E-state index in [-0.39, 0.29) is 5.97 Å². The lowest BCUT2D eigenvalue weighted by Gasteiger charge is -2.09. The van der Waals surface area contributed by atoms with Crippen LogP contribution in [-0.4, -0.2) is 23.0 Å². The van der Waals surface area contributed by atoms with Crippen LogP contribution < -0.4 is 5.32 Å². The summed E-state index contributed by atoms with van der Waals surface area (Å²) in [6.07, 6.45) is 1.50. The fourth-order valence-electron chi connectivity index (χ4n) is 2.64. The number of esters is 1. The van der Waals surface area contributed by atoms with E-state index in [4.69, 9.17) is 4.74 Å². The summed E-state index contributed by atoms with van der Waals surface area (Å²) in [5.41, 5.74) is 4.15. The molecule has 3 rings (SSSR count). The highest BCUT2D eigenvalue weighted by Gasteiger charge is 2.19. The van der Waals surface area contributed by atoms with Crippen molar-refractivity contribution < 1.29 is 9.53 Å². The van der Waals surface area contributed by atoms with Gasteiger partial charge in [0.1, 0.15) is 21.9 Å². The lowest BCUT2D eigenvalue weighted by Crippen LogP contribution is -2.00. The van der Waals surface area contributed by atoms with Crippen LogP contribution in [0.5, 0.6) is 0 Å². The van der Waals surface area contributed by atoms with Crippen LogP contribution in [0.2, 0.25) is 0 Å². The van der Waals surface area contributed by atoms with E-state index in [1.807, 2.05) is 6.92 Å². The second kappa shape index (κ2) is 5.96. The minimum absolute atomic E-state index is 0.345. The number of rotatable bonds is 3. The predicted octanol–water partition coefficient (Wildman–Crippen LogP) is 4.15. The van der Waals surface area contributed by atoms with Crippen LogP contribution in [0.15, 0.2) is 24.5 Å². The van der Waals surface area contributed by atoms with Gasteiger partial charge < -0.3 is 10.1 Å². The molecule has 118 valence electrons. The van der Waals surface area contributed by atoms with E-state index in [0.29, 0.717) is 10.7 Å². The Morgan fingerprint density at radius 1 is 1.13 bits per heavy atom. The Hall–Kier alpha value is -2.47. The number of carbonyl (C=O) groups is 1. The molecule has 0 bridgehead atoms. The van der Waals surface area contributed by atoms with Gasteiger partial charge in [0.15, 0.2) is 0 Å². The Kier molecular flexibility index (Phi) is 4.00. The van der Waals surface area contributed by atoms with Crippen molar-refractivity contribution in [3.8, 4) is 0 Å². The molecule has 0 saturated carbocycles. The summed E-state index contributed by atoms with van der Waals surface area (Å²) in [5.74, 6) is 0.353. The molecule has 1 aromatic carbocycles. The first kappa shape index (κ1) is 15.4. The third-order valence-corrected chi connectivity index (χ3v) is 4.76. The van der Waals surface area contributed by atoms with Crippen molar-refractivity contribution in [2.24, 2.45) is 0 Å². The van der Waals surface area contributed by atoms with Gasteiger partial charge in [0.05, 0.1) is 12.5 Å². The van der Waals surface area contributed by atoms with Gasteiger partial charge in [-0.1, -0.05) is 6.07 Å². The molecule has 0 amide bonds. The van der Waals surface area contributed by atoms with Gasteiger partial charge in [-0.05, 0) is 49.6 Å². The molecule has 5 nitrogen and oxygen atoms in total. The number of aromatic nitrogens is 2. The zero-order valence-electron chi connectivity index (χ0n) is 13.4. The molecule has 0 aliphatic rings. The van der Waals surface area contributed by atoms with E-state index in [1.54, 1.807) is 0 Å². The zero-order chi connectivity index (χ0) is 16.6. The van der Waals surface area contributed by atoms with Crippen LogP contribution in [0.3, 0.4) is 0 Å². The van der Waals surface area contributed by atoms with E-state index in [9.17, 15) is 4.79 Å². The van der Waals surface area contributed by atoms with E-state index < -0.39 is 0 Å². The van der Waals surface area contributed by atoms with Gasteiger partial charge in [0, 0.05) is 5.69 Å². The Balaban J connectivity index is 2.10. The van der Waals surface area contributed by atoms with Gasteiger partial charge in [-0.15, -0.1) is 11.3 Å². The second-order valence-corrected chi connectivity index (χ2v) is 6.45. The molecule has 0 spiro atoms. The summed E-state index contributed by atoms with van der Waals surface area (Å²) in [6, 6.07) is 6.24. The lowest BCUT2D eigenvalue weighted by molar-refractivity contribution is 0.0605. The van der Waals surface area contributed by atoms with Crippen molar-refractivity contribution in [3.63, 3.8) is 0 Å². The number of ether oxygens (including phenoxy) is 1. The Labute approximate surface area is 138 Å². The molecule has 0 aliphatic heterocycles. The third kappa shape index (κ3) is 2.90. The third-order valence-electron chi connectivity index (χ3n) is 3.58. The highest BCUT2D eigenvalue weighted by atomic mass is 32.1. The monoisotopic (exact) mass is 327 g/mol. The van der Waals surface area contributed by atoms with Gasteiger partial charge in [0.25, 0.3) is 0 Å². The van der Waals surface area contributed by atoms with Gasteiger partial charge in [-0.2, -0.15) is 0 Å². The topological polar surface area (TPSA) is 64.1 Å². The number of nitrogens with one attached hydrogen (secondary N) is 1. The number of fused-ring (bicyclic) bond motifs is 1. The molecule has 0 aliphatic carbocycles. The maximum absolute atomic E-state index is 11.9. The number of thiophene rings is 1. The van der Waals surface area contributed by atoms with E-state index >= 15 is 0 Å². The van der Waals surface area contributed by atoms with Gasteiger partial charge in [-0.3, -0.25) is 0 Å². The van der Waals surface area contributed by atoms with E-state index in [2.05, 4.69) is 47.3 Å². The summed E-state index contributed by atoms with van der Waals surface area (Å²) in [6.45, 7) is 6.00. The molecule has 0 unspecified atom stereocenters. The Morgan fingerprint density at radius 3 is 2.48 bits per heavy atom. The first-order chi connectivity index (χ1) is 11.0. The predicted molar refractivity (Wildman–Crippen MR) is 92.7 cm³/mol. The number of hydrogen-bond acceptors (Lipinski definition) is 6. The molecular weight excluding hydrogens is 310 g/mol. The zero-order valence-corrected chi connectivity index (χ0v) is 14.2. The molecule has 0 fully saturated rings. The minimum Gasteiger partial charge on any atom is -0.465 e. The number of carbonyl (C=O) groups excluding carboxylic acids is 1. The van der Waals surface area contributed by atoms with Crippen LogP contribution in [0.25, 0.3) is 10.2 Å². The quantitative estimate of drug-likeness (QED) is 0.732. The van der Waals surface area contributed by atoms with E-state index in [1.165, 1.54) is 35.9 Å². The number of aryl methyl sites for hydroxylation is 3. The molecule has 1 N–H and O–H groups in total. The fourth-order valence-corrected chi connectivity index (χ4v) is 3.70. The van der Waals surface area contributed by atoms with Crippen molar-refractivity contribution in [2.75, 3.05) is 12.4 Å². The molecule has 2 heterocycles. The van der Waals surface area contributed by atoms with Crippen molar-refractivity contribution in [3.05, 3.63) is 46.1 Å². The summed E-state index contributed by atoms with van der Waals surface area (Å²) >= 11 is 1.32. The number of nitrogens with zero attached hydrogens (tertiary/aromatic N) is 2. The Morgan fingerprint density at radius 2 is 1.83 bits per heavy atom. The van der Waals surface area contributed by atoms with Gasteiger partial charge in [-0.25, -0.2) is 14.8 Å². The van der Waals surface area contributed by atoms with Crippen molar-refractivity contribution in [1.82, 2.24) is 9.97 Å². The average Bonchev–Trinajstić information content (AvgIpc) is 2.84. The van der Waals surface area contributed by atoms with Crippen molar-refractivity contribution in [1.29, 1.82) is 0 Å². The molecule has 0 atom stereocenters. The summed E-state index contributed by atoms with van der Waals surface area (Å²) < 4.78 is 4.84. The highest BCUT2D eigenvalue weighted by molar-refractivity contribution is 7.20. The largest absolute Gasteiger partial charge is 0.465 e.